The van der Waals surface area contributed by atoms with Crippen molar-refractivity contribution in [1.29, 1.82) is 0 Å². The van der Waals surface area contributed by atoms with Crippen molar-refractivity contribution in [2.24, 2.45) is 0 Å². The van der Waals surface area contributed by atoms with Crippen molar-refractivity contribution in [1.82, 2.24) is 9.78 Å². The van der Waals surface area contributed by atoms with E-state index in [1.54, 1.807) is 35.7 Å². The fraction of sp³-hybridized carbons (Fsp3) is 0.238. The van der Waals surface area contributed by atoms with Crippen molar-refractivity contribution < 1.29 is 13.9 Å². The number of anilines is 1. The number of rotatable bonds is 3. The van der Waals surface area contributed by atoms with Gasteiger partial charge in [0, 0.05) is 11.1 Å². The van der Waals surface area contributed by atoms with Crippen LogP contribution >= 0.6 is 11.8 Å². The summed E-state index contributed by atoms with van der Waals surface area (Å²) >= 11 is 1.56. The highest BCUT2D eigenvalue weighted by atomic mass is 32.2. The standard InChI is InChI=1S/C21H20FN3O2S/c1-12-18-19(16-6-4-5-7-17(16)27-3)28-13(2)21(26)23-20(18)25(24-12)15-10-8-14(22)9-11-15/h4-11,13,19H,1-3H3,(H,23,26)/t13-,19+/m1/s1. The fourth-order valence-electron chi connectivity index (χ4n) is 3.41. The van der Waals surface area contributed by atoms with Gasteiger partial charge in [0.15, 0.2) is 0 Å². The second kappa shape index (κ2) is 7.31. The van der Waals surface area contributed by atoms with Gasteiger partial charge in [-0.05, 0) is 44.2 Å². The van der Waals surface area contributed by atoms with Gasteiger partial charge < -0.3 is 10.1 Å². The van der Waals surface area contributed by atoms with E-state index in [1.165, 1.54) is 12.1 Å². The second-order valence-electron chi connectivity index (χ2n) is 6.63. The van der Waals surface area contributed by atoms with E-state index < -0.39 is 0 Å². The van der Waals surface area contributed by atoms with Crippen molar-refractivity contribution in [2.75, 3.05) is 12.4 Å². The van der Waals surface area contributed by atoms with Gasteiger partial charge in [0.25, 0.3) is 0 Å². The number of ether oxygens (including phenoxy) is 1. The van der Waals surface area contributed by atoms with Crippen molar-refractivity contribution in [2.45, 2.75) is 24.3 Å². The normalized spacial score (nSPS) is 18.9. The average molecular weight is 397 g/mol. The van der Waals surface area contributed by atoms with Crippen LogP contribution < -0.4 is 10.1 Å². The van der Waals surface area contributed by atoms with Gasteiger partial charge in [-0.25, -0.2) is 9.07 Å². The maximum atomic E-state index is 13.4. The molecule has 2 atom stereocenters. The number of thioether (sulfide) groups is 1. The molecule has 0 bridgehead atoms. The first kappa shape index (κ1) is 18.6. The van der Waals surface area contributed by atoms with Crippen molar-refractivity contribution in [3.63, 3.8) is 0 Å². The Labute approximate surface area is 166 Å². The number of para-hydroxylation sites is 1. The summed E-state index contributed by atoms with van der Waals surface area (Å²) in [5.74, 6) is 0.967. The van der Waals surface area contributed by atoms with Gasteiger partial charge in [0.1, 0.15) is 17.4 Å². The average Bonchev–Trinajstić information content (AvgIpc) is 2.94. The Hall–Kier alpha value is -2.80. The topological polar surface area (TPSA) is 56.1 Å². The van der Waals surface area contributed by atoms with E-state index in [-0.39, 0.29) is 22.2 Å². The molecule has 0 aliphatic carbocycles. The number of hydrogen-bond acceptors (Lipinski definition) is 4. The van der Waals surface area contributed by atoms with E-state index >= 15 is 0 Å². The van der Waals surface area contributed by atoms with E-state index in [1.807, 2.05) is 38.1 Å². The number of nitrogens with zero attached hydrogens (tertiary/aromatic N) is 2. The number of nitrogens with one attached hydrogen (secondary N) is 1. The number of benzene rings is 2. The number of hydrogen-bond donors (Lipinski definition) is 1. The summed E-state index contributed by atoms with van der Waals surface area (Å²) in [4.78, 5) is 12.7. The Morgan fingerprint density at radius 2 is 1.89 bits per heavy atom. The molecule has 0 radical (unpaired) electrons. The van der Waals surface area contributed by atoms with E-state index in [4.69, 9.17) is 4.74 Å². The van der Waals surface area contributed by atoms with Crippen molar-refractivity contribution in [3.05, 3.63) is 71.2 Å². The molecular weight excluding hydrogens is 377 g/mol. The summed E-state index contributed by atoms with van der Waals surface area (Å²) < 4.78 is 20.6. The van der Waals surface area contributed by atoms with Crippen LogP contribution in [0.4, 0.5) is 10.2 Å². The Morgan fingerprint density at radius 3 is 2.61 bits per heavy atom. The maximum Gasteiger partial charge on any atom is 0.238 e. The van der Waals surface area contributed by atoms with Crippen molar-refractivity contribution >= 4 is 23.5 Å². The molecular formula is C21H20FN3O2S. The van der Waals surface area contributed by atoms with E-state index in [0.29, 0.717) is 11.5 Å². The zero-order valence-electron chi connectivity index (χ0n) is 15.8. The number of halogens is 1. The molecule has 28 heavy (non-hydrogen) atoms. The first-order valence-electron chi connectivity index (χ1n) is 8.94. The molecule has 0 unspecified atom stereocenters. The molecule has 1 aliphatic heterocycles. The van der Waals surface area contributed by atoms with Gasteiger partial charge in [0.05, 0.1) is 29.0 Å². The molecule has 2 aromatic carbocycles. The zero-order chi connectivity index (χ0) is 19.8. The van der Waals surface area contributed by atoms with Crippen LogP contribution in [-0.2, 0) is 4.79 Å². The summed E-state index contributed by atoms with van der Waals surface area (Å²) in [7, 11) is 1.64. The first-order chi connectivity index (χ1) is 13.5. The highest BCUT2D eigenvalue weighted by Crippen LogP contribution is 2.48. The largest absolute Gasteiger partial charge is 0.496 e. The number of carbonyl (C=O) groups is 1. The van der Waals surface area contributed by atoms with E-state index in [2.05, 4.69) is 10.4 Å². The smallest absolute Gasteiger partial charge is 0.238 e. The van der Waals surface area contributed by atoms with Crippen LogP contribution in [0.3, 0.4) is 0 Å². The van der Waals surface area contributed by atoms with E-state index in [0.717, 1.165) is 22.6 Å². The lowest BCUT2D eigenvalue weighted by atomic mass is 10.0. The van der Waals surface area contributed by atoms with Gasteiger partial charge in [0.2, 0.25) is 5.91 Å². The summed E-state index contributed by atoms with van der Waals surface area (Å²) in [5, 5.41) is 7.28. The maximum absolute atomic E-state index is 13.4. The van der Waals surface area contributed by atoms with Crippen molar-refractivity contribution in [3.8, 4) is 11.4 Å². The minimum absolute atomic E-state index is 0.0908. The Bertz CT molecular complexity index is 1030. The third-order valence-corrected chi connectivity index (χ3v) is 6.20. The zero-order valence-corrected chi connectivity index (χ0v) is 16.6. The number of aromatic nitrogens is 2. The minimum atomic E-state index is -0.321. The van der Waals surface area contributed by atoms with Crippen LogP contribution in [0.5, 0.6) is 5.75 Å². The quantitative estimate of drug-likeness (QED) is 0.707. The van der Waals surface area contributed by atoms with Crippen LogP contribution in [0, 0.1) is 12.7 Å². The minimum Gasteiger partial charge on any atom is -0.496 e. The Balaban J connectivity index is 1.93. The third kappa shape index (κ3) is 3.16. The SMILES string of the molecule is COc1ccccc1[C@@H]1S[C@H](C)C(=O)Nc2c1c(C)nn2-c1ccc(F)cc1. The van der Waals surface area contributed by atoms with Gasteiger partial charge in [-0.1, -0.05) is 18.2 Å². The van der Waals surface area contributed by atoms with Gasteiger partial charge in [-0.3, -0.25) is 4.79 Å². The fourth-order valence-corrected chi connectivity index (χ4v) is 4.76. The molecule has 1 aromatic heterocycles. The molecule has 5 nitrogen and oxygen atoms in total. The monoisotopic (exact) mass is 397 g/mol. The number of carbonyl (C=O) groups excluding carboxylic acids is 1. The molecule has 144 valence electrons. The molecule has 1 amide bonds. The van der Waals surface area contributed by atoms with Gasteiger partial charge >= 0.3 is 0 Å². The molecule has 2 heterocycles. The summed E-state index contributed by atoms with van der Waals surface area (Å²) in [6.45, 7) is 3.81. The molecule has 7 heteroatoms. The molecule has 0 saturated heterocycles. The predicted octanol–water partition coefficient (Wildman–Crippen LogP) is 4.49. The molecule has 0 saturated carbocycles. The van der Waals surface area contributed by atoms with Crippen LogP contribution in [0.15, 0.2) is 48.5 Å². The predicted molar refractivity (Wildman–Crippen MR) is 109 cm³/mol. The van der Waals surface area contributed by atoms with Crippen LogP contribution in [0.25, 0.3) is 5.69 Å². The molecule has 4 rings (SSSR count). The van der Waals surface area contributed by atoms with Crippen LogP contribution in [0.2, 0.25) is 0 Å². The lowest BCUT2D eigenvalue weighted by molar-refractivity contribution is -0.115. The van der Waals surface area contributed by atoms with Crippen LogP contribution in [-0.4, -0.2) is 28.0 Å². The van der Waals surface area contributed by atoms with E-state index in [9.17, 15) is 9.18 Å². The van der Waals surface area contributed by atoms with Gasteiger partial charge in [-0.2, -0.15) is 5.10 Å². The third-order valence-electron chi connectivity index (χ3n) is 4.81. The summed E-state index contributed by atoms with van der Waals surface area (Å²) in [5.41, 5.74) is 3.40. The lowest BCUT2D eigenvalue weighted by Gasteiger charge is -2.19. The second-order valence-corrected chi connectivity index (χ2v) is 8.08. The van der Waals surface area contributed by atoms with Crippen LogP contribution in [0.1, 0.15) is 29.0 Å². The Kier molecular flexibility index (Phi) is 4.85. The van der Waals surface area contributed by atoms with Gasteiger partial charge in [-0.15, -0.1) is 11.8 Å². The molecule has 0 spiro atoms. The first-order valence-corrected chi connectivity index (χ1v) is 9.88. The highest BCUT2D eigenvalue weighted by molar-refractivity contribution is 8.01. The number of amides is 1. The molecule has 3 aromatic rings. The molecule has 0 fully saturated rings. The number of aryl methyl sites for hydroxylation is 1. The number of methoxy groups -OCH3 is 1. The molecule has 1 aliphatic rings. The lowest BCUT2D eigenvalue weighted by Crippen LogP contribution is -2.22. The molecule has 1 N–H and O–H groups in total. The Morgan fingerprint density at radius 1 is 1.18 bits per heavy atom. The number of fused-ring (bicyclic) bond motifs is 1. The summed E-state index contributed by atoms with van der Waals surface area (Å²) in [6, 6.07) is 13.9. The highest BCUT2D eigenvalue weighted by Gasteiger charge is 2.35. The summed E-state index contributed by atoms with van der Waals surface area (Å²) in [6.07, 6.45) is 0.